The molecule has 1 amide bonds. The van der Waals surface area contributed by atoms with Crippen molar-refractivity contribution in [2.45, 2.75) is 6.42 Å². The lowest BCUT2D eigenvalue weighted by molar-refractivity contribution is 0.0953. The molecule has 0 bridgehead atoms. The van der Waals surface area contributed by atoms with Crippen LogP contribution in [0.2, 0.25) is 0 Å². The van der Waals surface area contributed by atoms with Crippen molar-refractivity contribution in [3.8, 4) is 11.8 Å². The lowest BCUT2D eigenvalue weighted by atomic mass is 10.1. The van der Waals surface area contributed by atoms with Crippen LogP contribution in [-0.2, 0) is 0 Å². The van der Waals surface area contributed by atoms with Crippen LogP contribution in [0.4, 0.5) is 4.39 Å². The first-order valence-corrected chi connectivity index (χ1v) is 7.25. The molecule has 0 atom stereocenters. The predicted molar refractivity (Wildman–Crippen MR) is 75.7 cm³/mol. The van der Waals surface area contributed by atoms with Crippen molar-refractivity contribution in [3.63, 3.8) is 0 Å². The highest BCUT2D eigenvalue weighted by molar-refractivity contribution is 7.98. The molecule has 1 rings (SSSR count). The molecule has 5 heteroatoms. The summed E-state index contributed by atoms with van der Waals surface area (Å²) in [5.41, 5.74) is 0.448. The standard InChI is InChI=1S/C14H16FNO2S/c1-19-9-3-7-16-14(18)12-6-5-11(4-2-8-17)13(15)10-12/h5-6,10,17H,3,7-9H2,1H3,(H,16,18). The highest BCUT2D eigenvalue weighted by atomic mass is 32.2. The van der Waals surface area contributed by atoms with Gasteiger partial charge in [0, 0.05) is 12.1 Å². The first-order chi connectivity index (χ1) is 9.19. The summed E-state index contributed by atoms with van der Waals surface area (Å²) in [6.45, 7) is 0.254. The lowest BCUT2D eigenvalue weighted by Gasteiger charge is -2.05. The Kier molecular flexibility index (Phi) is 7.01. The summed E-state index contributed by atoms with van der Waals surface area (Å²) >= 11 is 1.71. The Balaban J connectivity index is 2.64. The van der Waals surface area contributed by atoms with Crippen LogP contribution in [0.3, 0.4) is 0 Å². The molecule has 19 heavy (non-hydrogen) atoms. The third kappa shape index (κ3) is 5.33. The normalized spacial score (nSPS) is 9.63. The molecule has 0 unspecified atom stereocenters. The second-order valence-electron chi connectivity index (χ2n) is 3.76. The number of benzene rings is 1. The fourth-order valence-corrected chi connectivity index (χ4v) is 1.85. The number of hydrogen-bond acceptors (Lipinski definition) is 3. The van der Waals surface area contributed by atoms with Gasteiger partial charge in [0.25, 0.3) is 5.91 Å². The summed E-state index contributed by atoms with van der Waals surface area (Å²) in [6, 6.07) is 4.12. The van der Waals surface area contributed by atoms with Gasteiger partial charge in [0.1, 0.15) is 12.4 Å². The van der Waals surface area contributed by atoms with Gasteiger partial charge in [-0.25, -0.2) is 4.39 Å². The number of carbonyl (C=O) groups is 1. The van der Waals surface area contributed by atoms with E-state index < -0.39 is 5.82 Å². The van der Waals surface area contributed by atoms with E-state index in [1.807, 2.05) is 6.26 Å². The molecule has 0 heterocycles. The molecule has 0 spiro atoms. The Morgan fingerprint density at radius 1 is 1.53 bits per heavy atom. The Bertz CT molecular complexity index is 494. The number of hydrogen-bond donors (Lipinski definition) is 2. The smallest absolute Gasteiger partial charge is 0.251 e. The average Bonchev–Trinajstić information content (AvgIpc) is 2.42. The van der Waals surface area contributed by atoms with E-state index in [9.17, 15) is 9.18 Å². The number of aliphatic hydroxyl groups excluding tert-OH is 1. The topological polar surface area (TPSA) is 49.3 Å². The van der Waals surface area contributed by atoms with Crippen LogP contribution in [0.5, 0.6) is 0 Å². The fourth-order valence-electron chi connectivity index (χ4n) is 1.41. The summed E-state index contributed by atoms with van der Waals surface area (Å²) in [5.74, 6) is 4.97. The van der Waals surface area contributed by atoms with E-state index in [2.05, 4.69) is 17.2 Å². The van der Waals surface area contributed by atoms with Crippen LogP contribution < -0.4 is 5.32 Å². The molecule has 0 aliphatic carbocycles. The zero-order chi connectivity index (χ0) is 14.1. The maximum atomic E-state index is 13.6. The van der Waals surface area contributed by atoms with Crippen LogP contribution >= 0.6 is 11.8 Å². The first-order valence-electron chi connectivity index (χ1n) is 5.85. The van der Waals surface area contributed by atoms with Crippen LogP contribution in [0, 0.1) is 17.7 Å². The predicted octanol–water partition coefficient (Wildman–Crippen LogP) is 1.65. The molecule has 0 saturated carbocycles. The molecule has 0 radical (unpaired) electrons. The zero-order valence-corrected chi connectivity index (χ0v) is 11.5. The summed E-state index contributed by atoms with van der Waals surface area (Å²) in [5, 5.41) is 11.3. The average molecular weight is 281 g/mol. The quantitative estimate of drug-likeness (QED) is 0.637. The fraction of sp³-hybridized carbons (Fsp3) is 0.357. The number of aliphatic hydroxyl groups is 1. The number of halogens is 1. The minimum absolute atomic E-state index is 0.174. The van der Waals surface area contributed by atoms with E-state index in [4.69, 9.17) is 5.11 Å². The van der Waals surface area contributed by atoms with E-state index in [-0.39, 0.29) is 23.6 Å². The Morgan fingerprint density at radius 3 is 2.95 bits per heavy atom. The van der Waals surface area contributed by atoms with E-state index in [1.165, 1.54) is 12.1 Å². The summed E-state index contributed by atoms with van der Waals surface area (Å²) in [7, 11) is 0. The van der Waals surface area contributed by atoms with E-state index in [1.54, 1.807) is 11.8 Å². The molecule has 1 aromatic rings. The molecule has 102 valence electrons. The van der Waals surface area contributed by atoms with E-state index in [0.717, 1.165) is 18.2 Å². The van der Waals surface area contributed by atoms with E-state index in [0.29, 0.717) is 6.54 Å². The lowest BCUT2D eigenvalue weighted by Crippen LogP contribution is -2.24. The molecule has 0 saturated heterocycles. The summed E-state index contributed by atoms with van der Waals surface area (Å²) in [6.07, 6.45) is 2.89. The van der Waals surface area contributed by atoms with Gasteiger partial charge < -0.3 is 10.4 Å². The molecule has 0 aromatic heterocycles. The summed E-state index contributed by atoms with van der Waals surface area (Å²) in [4.78, 5) is 11.7. The van der Waals surface area contributed by atoms with Crippen LogP contribution in [-0.4, -0.2) is 36.2 Å². The third-order valence-corrected chi connectivity index (χ3v) is 3.04. The van der Waals surface area contributed by atoms with Gasteiger partial charge in [-0.05, 0) is 36.6 Å². The van der Waals surface area contributed by atoms with Gasteiger partial charge in [-0.1, -0.05) is 11.8 Å². The Labute approximate surface area is 116 Å². The maximum Gasteiger partial charge on any atom is 0.251 e. The van der Waals surface area contributed by atoms with Crippen LogP contribution in [0.25, 0.3) is 0 Å². The van der Waals surface area contributed by atoms with Crippen molar-refractivity contribution in [1.82, 2.24) is 5.32 Å². The van der Waals surface area contributed by atoms with Crippen molar-refractivity contribution in [2.75, 3.05) is 25.2 Å². The van der Waals surface area contributed by atoms with Crippen molar-refractivity contribution < 1.29 is 14.3 Å². The van der Waals surface area contributed by atoms with Gasteiger partial charge in [-0.15, -0.1) is 0 Å². The monoisotopic (exact) mass is 281 g/mol. The molecule has 1 aromatic carbocycles. The number of amides is 1. The molecule has 2 N–H and O–H groups in total. The van der Waals surface area contributed by atoms with Crippen molar-refractivity contribution in [2.24, 2.45) is 0 Å². The highest BCUT2D eigenvalue weighted by Gasteiger charge is 2.08. The SMILES string of the molecule is CSCCCNC(=O)c1ccc(C#CCO)c(F)c1. The van der Waals surface area contributed by atoms with Crippen LogP contribution in [0.15, 0.2) is 18.2 Å². The zero-order valence-electron chi connectivity index (χ0n) is 10.7. The van der Waals surface area contributed by atoms with Gasteiger partial charge in [-0.2, -0.15) is 11.8 Å². The molecule has 0 fully saturated rings. The molecular formula is C14H16FNO2S. The van der Waals surface area contributed by atoms with Crippen molar-refractivity contribution in [1.29, 1.82) is 0 Å². The number of nitrogens with one attached hydrogen (secondary N) is 1. The minimum atomic E-state index is -0.558. The highest BCUT2D eigenvalue weighted by Crippen LogP contribution is 2.09. The molecule has 0 aliphatic heterocycles. The molecular weight excluding hydrogens is 265 g/mol. The second kappa shape index (κ2) is 8.57. The van der Waals surface area contributed by atoms with E-state index >= 15 is 0 Å². The summed E-state index contributed by atoms with van der Waals surface area (Å²) < 4.78 is 13.6. The maximum absolute atomic E-state index is 13.6. The number of rotatable bonds is 5. The van der Waals surface area contributed by atoms with Gasteiger partial charge in [0.2, 0.25) is 0 Å². The Hall–Kier alpha value is -1.51. The third-order valence-electron chi connectivity index (χ3n) is 2.34. The van der Waals surface area contributed by atoms with Crippen molar-refractivity contribution >= 4 is 17.7 Å². The minimum Gasteiger partial charge on any atom is -0.384 e. The van der Waals surface area contributed by atoms with Gasteiger partial charge in [0.05, 0.1) is 5.56 Å². The molecule has 0 aliphatic rings. The second-order valence-corrected chi connectivity index (χ2v) is 4.74. The van der Waals surface area contributed by atoms with Crippen molar-refractivity contribution in [3.05, 3.63) is 35.1 Å². The molecule has 3 nitrogen and oxygen atoms in total. The van der Waals surface area contributed by atoms with Gasteiger partial charge in [0.15, 0.2) is 0 Å². The number of thioether (sulfide) groups is 1. The Morgan fingerprint density at radius 2 is 2.32 bits per heavy atom. The van der Waals surface area contributed by atoms with Gasteiger partial charge >= 0.3 is 0 Å². The van der Waals surface area contributed by atoms with Crippen LogP contribution in [0.1, 0.15) is 22.3 Å². The number of carbonyl (C=O) groups excluding carboxylic acids is 1. The first kappa shape index (κ1) is 15.5. The largest absolute Gasteiger partial charge is 0.384 e. The van der Waals surface area contributed by atoms with Gasteiger partial charge in [-0.3, -0.25) is 4.79 Å².